The molecule has 194 valence electrons. The Balaban J connectivity index is 1.15. The summed E-state index contributed by atoms with van der Waals surface area (Å²) >= 11 is 0. The number of phenolic OH excluding ortho intramolecular Hbond substituents is 1. The highest BCUT2D eigenvalue weighted by Crippen LogP contribution is 2.44. The largest absolute Gasteiger partial charge is 0.508 e. The molecule has 2 aliphatic heterocycles. The first-order valence-corrected chi connectivity index (χ1v) is 13.9. The summed E-state index contributed by atoms with van der Waals surface area (Å²) in [5.74, 6) is 1.62. The molecular weight excluding hydrogens is 452 g/mol. The molecule has 6 heteroatoms. The Hall–Kier alpha value is -2.60. The third-order valence-electron chi connectivity index (χ3n) is 8.54. The normalized spacial score (nSPS) is 20.4. The minimum atomic E-state index is -0.709. The summed E-state index contributed by atoms with van der Waals surface area (Å²) < 4.78 is 5.54. The minimum Gasteiger partial charge on any atom is -0.508 e. The summed E-state index contributed by atoms with van der Waals surface area (Å²) in [7, 11) is 0. The minimum absolute atomic E-state index is 0.130. The number of ether oxygens (including phenoxy) is 1. The van der Waals surface area contributed by atoms with Crippen LogP contribution >= 0.6 is 0 Å². The number of anilines is 1. The number of carbonyl (C=O) groups is 1. The van der Waals surface area contributed by atoms with Crippen molar-refractivity contribution < 1.29 is 19.7 Å². The SMILES string of the molecule is O=C(O)CC(c1ccnc(CCC2CCN(c3cc(O)ccc3CC3CCOCC3)CC2)c1)C1CC1. The van der Waals surface area contributed by atoms with Gasteiger partial charge in [0, 0.05) is 49.9 Å². The number of benzene rings is 1. The van der Waals surface area contributed by atoms with E-state index < -0.39 is 5.97 Å². The predicted molar refractivity (Wildman–Crippen MR) is 141 cm³/mol. The Kier molecular flexibility index (Phi) is 8.10. The number of carboxylic acid groups (broad SMARTS) is 1. The van der Waals surface area contributed by atoms with Crippen LogP contribution < -0.4 is 4.90 Å². The molecule has 3 aliphatic rings. The fourth-order valence-corrected chi connectivity index (χ4v) is 6.20. The van der Waals surface area contributed by atoms with Gasteiger partial charge in [-0.2, -0.15) is 0 Å². The van der Waals surface area contributed by atoms with E-state index in [4.69, 9.17) is 4.74 Å². The Morgan fingerprint density at radius 3 is 2.53 bits per heavy atom. The van der Waals surface area contributed by atoms with E-state index in [1.807, 2.05) is 24.4 Å². The number of hydrogen-bond acceptors (Lipinski definition) is 5. The van der Waals surface area contributed by atoms with Gasteiger partial charge in [0.2, 0.25) is 0 Å². The fraction of sp³-hybridized carbons (Fsp3) is 0.600. The van der Waals surface area contributed by atoms with E-state index in [2.05, 4.69) is 22.0 Å². The zero-order valence-corrected chi connectivity index (χ0v) is 21.3. The third kappa shape index (κ3) is 6.58. The summed E-state index contributed by atoms with van der Waals surface area (Å²) in [6.07, 6.45) is 12.0. The molecule has 0 amide bonds. The van der Waals surface area contributed by atoms with Gasteiger partial charge in [-0.1, -0.05) is 6.07 Å². The number of piperidine rings is 1. The number of aryl methyl sites for hydroxylation is 1. The van der Waals surface area contributed by atoms with Crippen molar-refractivity contribution in [2.75, 3.05) is 31.2 Å². The van der Waals surface area contributed by atoms with Crippen LogP contribution in [-0.4, -0.2) is 47.5 Å². The summed E-state index contributed by atoms with van der Waals surface area (Å²) in [5.41, 5.74) is 4.81. The smallest absolute Gasteiger partial charge is 0.303 e. The van der Waals surface area contributed by atoms with Crippen molar-refractivity contribution in [1.29, 1.82) is 0 Å². The van der Waals surface area contributed by atoms with Crippen LogP contribution in [0.25, 0.3) is 0 Å². The molecule has 1 aliphatic carbocycles. The average Bonchev–Trinajstić information content (AvgIpc) is 3.74. The van der Waals surface area contributed by atoms with Crippen molar-refractivity contribution in [1.82, 2.24) is 4.98 Å². The Bertz CT molecular complexity index is 1020. The van der Waals surface area contributed by atoms with Crippen molar-refractivity contribution in [2.24, 2.45) is 17.8 Å². The van der Waals surface area contributed by atoms with E-state index in [1.165, 1.54) is 11.3 Å². The van der Waals surface area contributed by atoms with Crippen molar-refractivity contribution in [2.45, 2.75) is 70.1 Å². The van der Waals surface area contributed by atoms with Crippen molar-refractivity contribution >= 4 is 11.7 Å². The number of phenols is 1. The van der Waals surface area contributed by atoms with Gasteiger partial charge in [-0.3, -0.25) is 9.78 Å². The molecule has 2 N–H and O–H groups in total. The Labute approximate surface area is 214 Å². The maximum absolute atomic E-state index is 11.4. The number of aromatic hydroxyl groups is 1. The van der Waals surface area contributed by atoms with Crippen LogP contribution in [0.5, 0.6) is 5.75 Å². The maximum Gasteiger partial charge on any atom is 0.303 e. The van der Waals surface area contributed by atoms with Gasteiger partial charge in [0.15, 0.2) is 0 Å². The Morgan fingerprint density at radius 1 is 1.03 bits per heavy atom. The van der Waals surface area contributed by atoms with Gasteiger partial charge < -0.3 is 19.8 Å². The number of hydrogen-bond donors (Lipinski definition) is 2. The van der Waals surface area contributed by atoms with Crippen LogP contribution in [0.2, 0.25) is 0 Å². The topological polar surface area (TPSA) is 82.9 Å². The van der Waals surface area contributed by atoms with Gasteiger partial charge in [-0.15, -0.1) is 0 Å². The second-order valence-electron chi connectivity index (χ2n) is 11.2. The van der Waals surface area contributed by atoms with Crippen LogP contribution in [0, 0.1) is 17.8 Å². The molecule has 0 spiro atoms. The number of nitrogens with zero attached hydrogens (tertiary/aromatic N) is 2. The molecule has 3 heterocycles. The first-order valence-electron chi connectivity index (χ1n) is 13.9. The fourth-order valence-electron chi connectivity index (χ4n) is 6.20. The monoisotopic (exact) mass is 492 g/mol. The average molecular weight is 493 g/mol. The Morgan fingerprint density at radius 2 is 1.81 bits per heavy atom. The van der Waals surface area contributed by atoms with Crippen LogP contribution in [0.3, 0.4) is 0 Å². The van der Waals surface area contributed by atoms with E-state index in [0.717, 1.165) is 95.3 Å². The lowest BCUT2D eigenvalue weighted by Gasteiger charge is -2.35. The molecule has 5 rings (SSSR count). The maximum atomic E-state index is 11.4. The number of pyridine rings is 1. The van der Waals surface area contributed by atoms with Gasteiger partial charge in [0.05, 0.1) is 6.42 Å². The molecule has 1 unspecified atom stereocenters. The number of aromatic nitrogens is 1. The van der Waals surface area contributed by atoms with Gasteiger partial charge in [-0.25, -0.2) is 0 Å². The molecule has 0 bridgehead atoms. The number of carboxylic acids is 1. The van der Waals surface area contributed by atoms with E-state index >= 15 is 0 Å². The van der Waals surface area contributed by atoms with Crippen molar-refractivity contribution in [3.05, 3.63) is 53.3 Å². The van der Waals surface area contributed by atoms with Gasteiger partial charge in [-0.05, 0) is 111 Å². The molecule has 2 saturated heterocycles. The molecule has 3 fully saturated rings. The molecular formula is C30H40N2O4. The van der Waals surface area contributed by atoms with Gasteiger partial charge >= 0.3 is 5.97 Å². The zero-order valence-electron chi connectivity index (χ0n) is 21.3. The van der Waals surface area contributed by atoms with Gasteiger partial charge in [0.25, 0.3) is 0 Å². The molecule has 1 atom stereocenters. The first kappa shape index (κ1) is 25.1. The standard InChI is InChI=1S/C30H40N2O4/c33-27-6-4-25(17-22-10-15-36-16-11-22)29(19-27)32-13-8-21(9-14-32)1-5-26-18-24(7-12-31-26)28(20-30(34)35)23-2-3-23/h4,6-7,12,18-19,21-23,28,33H,1-3,5,8-11,13-17,20H2,(H,34,35). The second kappa shape index (κ2) is 11.6. The van der Waals surface area contributed by atoms with Crippen LogP contribution in [0.1, 0.15) is 74.1 Å². The molecule has 1 aromatic heterocycles. The lowest BCUT2D eigenvalue weighted by atomic mass is 9.88. The summed E-state index contributed by atoms with van der Waals surface area (Å²) in [6.45, 7) is 3.76. The second-order valence-corrected chi connectivity index (χ2v) is 11.2. The van der Waals surface area contributed by atoms with E-state index in [1.54, 1.807) is 0 Å². The highest BCUT2D eigenvalue weighted by atomic mass is 16.5. The van der Waals surface area contributed by atoms with Crippen molar-refractivity contribution in [3.8, 4) is 5.75 Å². The highest BCUT2D eigenvalue weighted by Gasteiger charge is 2.34. The molecule has 2 aromatic rings. The summed E-state index contributed by atoms with van der Waals surface area (Å²) in [4.78, 5) is 18.4. The molecule has 1 aromatic carbocycles. The van der Waals surface area contributed by atoms with Crippen LogP contribution in [0.4, 0.5) is 5.69 Å². The zero-order chi connectivity index (χ0) is 24.9. The molecule has 0 radical (unpaired) electrons. The van der Waals surface area contributed by atoms with E-state index in [0.29, 0.717) is 23.5 Å². The third-order valence-corrected chi connectivity index (χ3v) is 8.54. The highest BCUT2D eigenvalue weighted by molar-refractivity contribution is 5.68. The van der Waals surface area contributed by atoms with E-state index in [9.17, 15) is 15.0 Å². The van der Waals surface area contributed by atoms with Crippen LogP contribution in [-0.2, 0) is 22.4 Å². The van der Waals surface area contributed by atoms with E-state index in [-0.39, 0.29) is 12.3 Å². The molecule has 36 heavy (non-hydrogen) atoms. The number of aliphatic carboxylic acids is 1. The summed E-state index contributed by atoms with van der Waals surface area (Å²) in [5, 5.41) is 19.5. The van der Waals surface area contributed by atoms with Gasteiger partial charge in [0.1, 0.15) is 5.75 Å². The van der Waals surface area contributed by atoms with Crippen molar-refractivity contribution in [3.63, 3.8) is 0 Å². The van der Waals surface area contributed by atoms with Crippen LogP contribution in [0.15, 0.2) is 36.5 Å². The lowest BCUT2D eigenvalue weighted by molar-refractivity contribution is -0.137. The molecule has 1 saturated carbocycles. The number of rotatable bonds is 10. The predicted octanol–water partition coefficient (Wildman–Crippen LogP) is 5.57. The quantitative estimate of drug-likeness (QED) is 0.451. The molecule has 6 nitrogen and oxygen atoms in total. The first-order chi connectivity index (χ1) is 17.5. The summed E-state index contributed by atoms with van der Waals surface area (Å²) in [6, 6.07) is 10.1. The lowest BCUT2D eigenvalue weighted by Crippen LogP contribution is -2.34.